The van der Waals surface area contributed by atoms with Crippen molar-refractivity contribution >= 4 is 17.4 Å². The summed E-state index contributed by atoms with van der Waals surface area (Å²) in [6.45, 7) is 7.41. The van der Waals surface area contributed by atoms with Gasteiger partial charge in [-0.25, -0.2) is 8.78 Å². The molecule has 0 unspecified atom stereocenters. The fraction of sp³-hybridized carbons (Fsp3) is 0.217. The standard InChI is InChI=1S/C21H19F2N3O3.C2H6/c1-11-4-7-15(14(23)8-11)25-21-19(20(24)28)17(10-18(27)26(21)3)29-16-9-13(22)6-5-12(16)2;1-2/h4-10,25H,1-3H3,(H2,24,28);1-2H3. The van der Waals surface area contributed by atoms with E-state index in [0.717, 1.165) is 16.7 Å². The van der Waals surface area contributed by atoms with Gasteiger partial charge in [-0.2, -0.15) is 0 Å². The molecule has 0 aliphatic heterocycles. The molecule has 31 heavy (non-hydrogen) atoms. The number of halogens is 2. The number of ether oxygens (including phenoxy) is 1. The Bertz CT molecular complexity index is 1170. The van der Waals surface area contributed by atoms with Crippen molar-refractivity contribution in [3.05, 3.63) is 81.1 Å². The zero-order chi connectivity index (χ0) is 23.3. The molecular weight excluding hydrogens is 404 g/mol. The Hall–Kier alpha value is -3.68. The van der Waals surface area contributed by atoms with Crippen LogP contribution in [-0.4, -0.2) is 10.5 Å². The minimum absolute atomic E-state index is 0.0446. The summed E-state index contributed by atoms with van der Waals surface area (Å²) in [5.41, 5.74) is 6.16. The lowest BCUT2D eigenvalue weighted by Crippen LogP contribution is -2.25. The Morgan fingerprint density at radius 2 is 1.71 bits per heavy atom. The van der Waals surface area contributed by atoms with Gasteiger partial charge in [0.05, 0.1) is 5.69 Å². The van der Waals surface area contributed by atoms with E-state index in [0.29, 0.717) is 11.1 Å². The number of nitrogens with zero attached hydrogens (tertiary/aromatic N) is 1. The fourth-order valence-electron chi connectivity index (χ4n) is 2.79. The predicted molar refractivity (Wildman–Crippen MR) is 117 cm³/mol. The summed E-state index contributed by atoms with van der Waals surface area (Å²) in [7, 11) is 1.40. The highest BCUT2D eigenvalue weighted by molar-refractivity contribution is 6.01. The van der Waals surface area contributed by atoms with Crippen LogP contribution in [0, 0.1) is 25.5 Å². The van der Waals surface area contributed by atoms with Gasteiger partial charge >= 0.3 is 0 Å². The van der Waals surface area contributed by atoms with E-state index in [1.165, 1.54) is 31.3 Å². The molecule has 6 nitrogen and oxygen atoms in total. The number of pyridine rings is 1. The Morgan fingerprint density at radius 3 is 2.32 bits per heavy atom. The summed E-state index contributed by atoms with van der Waals surface area (Å²) < 4.78 is 34.7. The summed E-state index contributed by atoms with van der Waals surface area (Å²) in [5, 5.41) is 2.74. The lowest BCUT2D eigenvalue weighted by atomic mass is 10.1. The van der Waals surface area contributed by atoms with E-state index in [1.807, 2.05) is 13.8 Å². The maximum absolute atomic E-state index is 14.3. The number of hydrogen-bond acceptors (Lipinski definition) is 4. The third-order valence-corrected chi connectivity index (χ3v) is 4.40. The second-order valence-corrected chi connectivity index (χ2v) is 6.61. The number of hydrogen-bond donors (Lipinski definition) is 2. The molecule has 3 aromatic rings. The molecule has 1 amide bonds. The van der Waals surface area contributed by atoms with E-state index < -0.39 is 23.1 Å². The molecule has 2 aromatic carbocycles. The molecule has 0 radical (unpaired) electrons. The molecule has 0 aliphatic rings. The van der Waals surface area contributed by atoms with Gasteiger partial charge in [-0.1, -0.05) is 26.0 Å². The molecule has 3 rings (SSSR count). The van der Waals surface area contributed by atoms with Gasteiger partial charge in [-0.05, 0) is 43.2 Å². The van der Waals surface area contributed by atoms with E-state index in [1.54, 1.807) is 19.9 Å². The van der Waals surface area contributed by atoms with Crippen LogP contribution in [-0.2, 0) is 7.05 Å². The number of rotatable bonds is 5. The molecule has 3 N–H and O–H groups in total. The van der Waals surface area contributed by atoms with Crippen molar-refractivity contribution < 1.29 is 18.3 Å². The second kappa shape index (κ2) is 9.88. The fourth-order valence-corrected chi connectivity index (χ4v) is 2.79. The van der Waals surface area contributed by atoms with Crippen LogP contribution in [0.2, 0.25) is 0 Å². The van der Waals surface area contributed by atoms with Crippen LogP contribution in [0.5, 0.6) is 11.5 Å². The van der Waals surface area contributed by atoms with Crippen molar-refractivity contribution in [1.82, 2.24) is 4.57 Å². The van der Waals surface area contributed by atoms with Gasteiger partial charge in [0.25, 0.3) is 11.5 Å². The summed E-state index contributed by atoms with van der Waals surface area (Å²) in [4.78, 5) is 24.6. The molecule has 164 valence electrons. The molecule has 0 aliphatic carbocycles. The van der Waals surface area contributed by atoms with Crippen molar-refractivity contribution in [3.63, 3.8) is 0 Å². The third kappa shape index (κ3) is 5.28. The van der Waals surface area contributed by atoms with E-state index >= 15 is 0 Å². The Balaban J connectivity index is 0.00000166. The molecule has 0 spiro atoms. The highest BCUT2D eigenvalue weighted by Crippen LogP contribution is 2.32. The number of primary amides is 1. The highest BCUT2D eigenvalue weighted by atomic mass is 19.1. The van der Waals surface area contributed by atoms with Gasteiger partial charge in [0, 0.05) is 19.2 Å². The van der Waals surface area contributed by atoms with E-state index in [-0.39, 0.29) is 28.6 Å². The molecule has 0 atom stereocenters. The number of nitrogens with one attached hydrogen (secondary N) is 1. The topological polar surface area (TPSA) is 86.3 Å². The first-order valence-corrected chi connectivity index (χ1v) is 9.68. The molecule has 0 bridgehead atoms. The van der Waals surface area contributed by atoms with E-state index in [2.05, 4.69) is 5.32 Å². The van der Waals surface area contributed by atoms with Gasteiger partial charge in [-0.15, -0.1) is 0 Å². The largest absolute Gasteiger partial charge is 0.456 e. The van der Waals surface area contributed by atoms with Crippen molar-refractivity contribution in [1.29, 1.82) is 0 Å². The summed E-state index contributed by atoms with van der Waals surface area (Å²) in [5.74, 6) is -2.11. The summed E-state index contributed by atoms with van der Waals surface area (Å²) >= 11 is 0. The molecule has 0 fully saturated rings. The van der Waals surface area contributed by atoms with Crippen molar-refractivity contribution in [2.24, 2.45) is 12.8 Å². The number of nitrogens with two attached hydrogens (primary N) is 1. The van der Waals surface area contributed by atoms with Crippen LogP contribution >= 0.6 is 0 Å². The number of aromatic nitrogens is 1. The van der Waals surface area contributed by atoms with Gasteiger partial charge in [0.1, 0.15) is 34.5 Å². The van der Waals surface area contributed by atoms with Crippen LogP contribution in [0.3, 0.4) is 0 Å². The number of benzene rings is 2. The lowest BCUT2D eigenvalue weighted by molar-refractivity contribution is 0.0998. The van der Waals surface area contributed by atoms with Crippen molar-refractivity contribution in [3.8, 4) is 11.5 Å². The predicted octanol–water partition coefficient (Wildman–Crippen LogP) is 4.94. The zero-order valence-corrected chi connectivity index (χ0v) is 18.0. The number of carbonyl (C=O) groups excluding carboxylic acids is 1. The van der Waals surface area contributed by atoms with Crippen LogP contribution in [0.4, 0.5) is 20.3 Å². The van der Waals surface area contributed by atoms with Crippen LogP contribution in [0.25, 0.3) is 0 Å². The van der Waals surface area contributed by atoms with Gasteiger partial charge in [-0.3, -0.25) is 14.2 Å². The Kier molecular flexibility index (Phi) is 7.52. The smallest absolute Gasteiger partial charge is 0.256 e. The maximum atomic E-state index is 14.3. The average molecular weight is 429 g/mol. The van der Waals surface area contributed by atoms with E-state index in [4.69, 9.17) is 10.5 Å². The molecule has 1 heterocycles. The lowest BCUT2D eigenvalue weighted by Gasteiger charge is -2.18. The van der Waals surface area contributed by atoms with Crippen LogP contribution in [0.15, 0.2) is 47.3 Å². The first kappa shape index (κ1) is 23.6. The van der Waals surface area contributed by atoms with Gasteiger partial charge in [0.2, 0.25) is 0 Å². The quantitative estimate of drug-likeness (QED) is 0.601. The number of carbonyl (C=O) groups is 1. The zero-order valence-electron chi connectivity index (χ0n) is 18.0. The first-order chi connectivity index (χ1) is 14.7. The molecule has 0 saturated carbocycles. The minimum atomic E-state index is -0.903. The summed E-state index contributed by atoms with van der Waals surface area (Å²) in [6.07, 6.45) is 0. The second-order valence-electron chi connectivity index (χ2n) is 6.61. The Labute approximate surface area is 179 Å². The normalized spacial score (nSPS) is 10.2. The van der Waals surface area contributed by atoms with Gasteiger partial charge < -0.3 is 15.8 Å². The minimum Gasteiger partial charge on any atom is -0.456 e. The van der Waals surface area contributed by atoms with E-state index in [9.17, 15) is 18.4 Å². The Morgan fingerprint density at radius 1 is 1.03 bits per heavy atom. The van der Waals surface area contributed by atoms with Crippen molar-refractivity contribution in [2.45, 2.75) is 27.7 Å². The number of anilines is 2. The molecule has 8 heteroatoms. The average Bonchev–Trinajstić information content (AvgIpc) is 2.71. The van der Waals surface area contributed by atoms with Crippen molar-refractivity contribution in [2.75, 3.05) is 5.32 Å². The van der Waals surface area contributed by atoms with Crippen LogP contribution in [0.1, 0.15) is 35.3 Å². The monoisotopic (exact) mass is 429 g/mol. The molecule has 0 saturated heterocycles. The molecule has 1 aromatic heterocycles. The highest BCUT2D eigenvalue weighted by Gasteiger charge is 2.22. The van der Waals surface area contributed by atoms with Gasteiger partial charge in [0.15, 0.2) is 0 Å². The number of amides is 1. The number of aryl methyl sites for hydroxylation is 2. The third-order valence-electron chi connectivity index (χ3n) is 4.40. The van der Waals surface area contributed by atoms with Crippen LogP contribution < -0.4 is 21.3 Å². The maximum Gasteiger partial charge on any atom is 0.256 e. The SMILES string of the molecule is CC.Cc1ccc(Nc2c(C(N)=O)c(Oc3cc(F)ccc3C)cc(=O)n2C)c(F)c1. The first-order valence-electron chi connectivity index (χ1n) is 9.68. The summed E-state index contributed by atoms with van der Waals surface area (Å²) in [6, 6.07) is 9.41. The molecular formula is C23H25F2N3O3.